The van der Waals surface area contributed by atoms with E-state index in [2.05, 4.69) is 15.2 Å². The number of hydrogen-bond acceptors (Lipinski definition) is 6. The Morgan fingerprint density at radius 1 is 1.10 bits per heavy atom. The van der Waals surface area contributed by atoms with Crippen molar-refractivity contribution in [2.24, 2.45) is 7.05 Å². The minimum Gasteiger partial charge on any atom is -0.388 e. The van der Waals surface area contributed by atoms with Gasteiger partial charge in [0.1, 0.15) is 17.5 Å². The quantitative estimate of drug-likeness (QED) is 0.344. The molecule has 1 amide bonds. The molecule has 3 aromatic heterocycles. The molecule has 6 rings (SSSR count). The lowest BCUT2D eigenvalue weighted by Crippen LogP contribution is -2.49. The number of carbonyl (C=O) groups is 1. The zero-order valence-corrected chi connectivity index (χ0v) is 22.8. The van der Waals surface area contributed by atoms with Crippen LogP contribution in [0.1, 0.15) is 47.3 Å². The summed E-state index contributed by atoms with van der Waals surface area (Å²) in [6.45, 7) is 2.77. The van der Waals surface area contributed by atoms with Crippen molar-refractivity contribution in [3.05, 3.63) is 106 Å². The number of aliphatic hydroxyl groups is 1. The molecule has 2 aromatic carbocycles. The smallest absolute Gasteiger partial charge is 0.264 e. The molecule has 1 atom stereocenters. The monoisotopic (exact) mass is 555 g/mol. The van der Waals surface area contributed by atoms with E-state index in [4.69, 9.17) is 0 Å². The normalized spacial score (nSPS) is 15.8. The van der Waals surface area contributed by atoms with Gasteiger partial charge < -0.3 is 10.0 Å². The molecule has 0 radical (unpaired) electrons. The van der Waals surface area contributed by atoms with E-state index >= 15 is 0 Å². The molecule has 1 N–H and O–H groups in total. The van der Waals surface area contributed by atoms with Gasteiger partial charge in [0.05, 0.1) is 35.3 Å². The summed E-state index contributed by atoms with van der Waals surface area (Å²) < 4.78 is 17.9. The van der Waals surface area contributed by atoms with Crippen molar-refractivity contribution in [2.45, 2.75) is 37.8 Å². The summed E-state index contributed by atoms with van der Waals surface area (Å²) in [7, 11) is 1.80. The largest absolute Gasteiger partial charge is 0.388 e. The van der Waals surface area contributed by atoms with Gasteiger partial charge in [-0.1, -0.05) is 37.3 Å². The van der Waals surface area contributed by atoms with Crippen molar-refractivity contribution >= 4 is 16.9 Å². The van der Waals surface area contributed by atoms with E-state index in [1.54, 1.807) is 35.0 Å². The number of hydrogen-bond donors (Lipinski definition) is 1. The number of piperidine rings is 1. The lowest BCUT2D eigenvalue weighted by molar-refractivity contribution is -0.0299. The van der Waals surface area contributed by atoms with Crippen LogP contribution in [0.3, 0.4) is 0 Å². The van der Waals surface area contributed by atoms with Crippen LogP contribution in [0.4, 0.5) is 4.39 Å². The Balaban J connectivity index is 1.17. The van der Waals surface area contributed by atoms with Crippen molar-refractivity contribution in [3.8, 4) is 5.69 Å². The van der Waals surface area contributed by atoms with Crippen LogP contribution in [-0.2, 0) is 13.6 Å². The standard InChI is InChI=1S/C30H30FN7O3/c1-20(21-6-4-3-5-7-21)26-25(17-35(2)34-26)29(40)36-14-12-30(41,13-15-36)18-37-19-32-27-24(28(37)39)16-33-38(27)23-10-8-22(31)9-11-23/h3-11,16-17,19-20,41H,12-15,18H2,1-2H3/t20-/m0/s1. The van der Waals surface area contributed by atoms with Crippen molar-refractivity contribution in [1.82, 2.24) is 34.0 Å². The summed E-state index contributed by atoms with van der Waals surface area (Å²) in [6.07, 6.45) is 5.20. The van der Waals surface area contributed by atoms with Crippen LogP contribution in [-0.4, -0.2) is 63.7 Å². The highest BCUT2D eigenvalue weighted by atomic mass is 19.1. The summed E-state index contributed by atoms with van der Waals surface area (Å²) in [5, 5.41) is 20.6. The highest BCUT2D eigenvalue weighted by molar-refractivity contribution is 5.95. The van der Waals surface area contributed by atoms with E-state index in [0.717, 1.165) is 11.3 Å². The highest BCUT2D eigenvalue weighted by Crippen LogP contribution is 2.29. The zero-order valence-electron chi connectivity index (χ0n) is 22.8. The topological polar surface area (TPSA) is 111 Å². The molecule has 5 aromatic rings. The predicted octanol–water partition coefficient (Wildman–Crippen LogP) is 3.27. The summed E-state index contributed by atoms with van der Waals surface area (Å²) in [4.78, 5) is 33.0. The van der Waals surface area contributed by atoms with E-state index in [0.29, 0.717) is 48.2 Å². The second-order valence-electron chi connectivity index (χ2n) is 10.7. The average molecular weight is 556 g/mol. The number of fused-ring (bicyclic) bond motifs is 1. The SMILES string of the molecule is C[C@@H](c1ccccc1)c1nn(C)cc1C(=O)N1CCC(O)(Cn2cnc3c(cnn3-c3ccc(F)cc3)c2=O)CC1. The third-order valence-electron chi connectivity index (χ3n) is 7.87. The zero-order chi connectivity index (χ0) is 28.7. The van der Waals surface area contributed by atoms with Gasteiger partial charge in [-0.2, -0.15) is 10.2 Å². The number of halogens is 1. The second kappa shape index (κ2) is 10.4. The van der Waals surface area contributed by atoms with Gasteiger partial charge in [0.2, 0.25) is 0 Å². The first-order chi connectivity index (χ1) is 19.7. The molecule has 1 aliphatic rings. The van der Waals surface area contributed by atoms with E-state index in [1.807, 2.05) is 37.3 Å². The molecular formula is C30H30FN7O3. The van der Waals surface area contributed by atoms with Crippen molar-refractivity contribution in [1.29, 1.82) is 0 Å². The van der Waals surface area contributed by atoms with Crippen molar-refractivity contribution in [3.63, 3.8) is 0 Å². The number of aryl methyl sites for hydroxylation is 1. The Kier molecular flexibility index (Phi) is 6.74. The van der Waals surface area contributed by atoms with E-state index in [1.165, 1.54) is 33.9 Å². The number of rotatable bonds is 6. The Morgan fingerprint density at radius 2 is 1.80 bits per heavy atom. The molecule has 0 bridgehead atoms. The van der Waals surface area contributed by atoms with Crippen LogP contribution in [0, 0.1) is 5.82 Å². The van der Waals surface area contributed by atoms with Crippen LogP contribution in [0.25, 0.3) is 16.7 Å². The predicted molar refractivity (Wildman–Crippen MR) is 150 cm³/mol. The van der Waals surface area contributed by atoms with Crippen LogP contribution in [0.5, 0.6) is 0 Å². The number of benzene rings is 2. The van der Waals surface area contributed by atoms with Gasteiger partial charge in [-0.15, -0.1) is 0 Å². The molecule has 1 aliphatic heterocycles. The Bertz CT molecular complexity index is 1770. The van der Waals surface area contributed by atoms with Gasteiger partial charge >= 0.3 is 0 Å². The minimum absolute atomic E-state index is 0.0434. The van der Waals surface area contributed by atoms with Crippen molar-refractivity contribution in [2.75, 3.05) is 13.1 Å². The number of likely N-dealkylation sites (tertiary alicyclic amines) is 1. The molecule has 0 saturated carbocycles. The Morgan fingerprint density at radius 3 is 2.51 bits per heavy atom. The molecule has 4 heterocycles. The second-order valence-corrected chi connectivity index (χ2v) is 10.7. The third-order valence-corrected chi connectivity index (χ3v) is 7.87. The fourth-order valence-electron chi connectivity index (χ4n) is 5.49. The number of aromatic nitrogens is 6. The van der Waals surface area contributed by atoms with Crippen LogP contribution >= 0.6 is 0 Å². The first kappa shape index (κ1) is 26.6. The van der Waals surface area contributed by atoms with Crippen LogP contribution in [0.15, 0.2) is 78.1 Å². The lowest BCUT2D eigenvalue weighted by atomic mass is 9.90. The minimum atomic E-state index is -1.18. The Labute approximate surface area is 235 Å². The van der Waals surface area contributed by atoms with Gasteiger partial charge in [-0.25, -0.2) is 14.1 Å². The van der Waals surface area contributed by atoms with Crippen LogP contribution in [0.2, 0.25) is 0 Å². The van der Waals surface area contributed by atoms with E-state index in [-0.39, 0.29) is 29.7 Å². The van der Waals surface area contributed by atoms with E-state index in [9.17, 15) is 19.1 Å². The molecule has 11 heteroatoms. The molecule has 210 valence electrons. The van der Waals surface area contributed by atoms with Crippen molar-refractivity contribution < 1.29 is 14.3 Å². The lowest BCUT2D eigenvalue weighted by Gasteiger charge is -2.38. The molecule has 1 saturated heterocycles. The maximum Gasteiger partial charge on any atom is 0.264 e. The maximum atomic E-state index is 13.6. The van der Waals surface area contributed by atoms with Gasteiger partial charge in [-0.05, 0) is 42.7 Å². The maximum absolute atomic E-state index is 13.6. The summed E-state index contributed by atoms with van der Waals surface area (Å²) in [6, 6.07) is 15.7. The Hall–Kier alpha value is -4.64. The summed E-state index contributed by atoms with van der Waals surface area (Å²) in [5.41, 5.74) is 1.77. The summed E-state index contributed by atoms with van der Waals surface area (Å²) in [5.74, 6) is -0.546. The molecule has 10 nitrogen and oxygen atoms in total. The van der Waals surface area contributed by atoms with Crippen LogP contribution < -0.4 is 5.56 Å². The molecule has 41 heavy (non-hydrogen) atoms. The van der Waals surface area contributed by atoms with E-state index < -0.39 is 5.60 Å². The number of amides is 1. The van der Waals surface area contributed by atoms with Gasteiger partial charge in [0, 0.05) is 32.3 Å². The molecule has 0 aliphatic carbocycles. The fourth-order valence-corrected chi connectivity index (χ4v) is 5.49. The first-order valence-corrected chi connectivity index (χ1v) is 13.5. The van der Waals surface area contributed by atoms with Gasteiger partial charge in [0.25, 0.3) is 11.5 Å². The molecule has 0 spiro atoms. The fraction of sp³-hybridized carbons (Fsp3) is 0.300. The summed E-state index contributed by atoms with van der Waals surface area (Å²) >= 11 is 0. The molecule has 1 fully saturated rings. The third kappa shape index (κ3) is 5.04. The molecular weight excluding hydrogens is 525 g/mol. The number of nitrogens with zero attached hydrogens (tertiary/aromatic N) is 7. The highest BCUT2D eigenvalue weighted by Gasteiger charge is 2.36. The molecule has 0 unspecified atom stereocenters. The average Bonchev–Trinajstić information content (AvgIpc) is 3.59. The first-order valence-electron chi connectivity index (χ1n) is 13.5. The van der Waals surface area contributed by atoms with Gasteiger partial charge in [-0.3, -0.25) is 18.8 Å². The van der Waals surface area contributed by atoms with Gasteiger partial charge in [0.15, 0.2) is 5.65 Å². The number of carbonyl (C=O) groups excluding carboxylic acids is 1.